The Morgan fingerprint density at radius 1 is 1.56 bits per heavy atom. The number of nitrogen functional groups attached to an aromatic ring is 1. The molecule has 0 atom stereocenters. The number of carbonyl (C=O) groups excluding carboxylic acids is 1. The van der Waals surface area contributed by atoms with Crippen LogP contribution in [0.3, 0.4) is 0 Å². The summed E-state index contributed by atoms with van der Waals surface area (Å²) in [5, 5.41) is 10.8. The van der Waals surface area contributed by atoms with Gasteiger partial charge in [-0.05, 0) is 12.5 Å². The van der Waals surface area contributed by atoms with Crippen LogP contribution < -0.4 is 11.3 Å². The number of hydrogen-bond donors (Lipinski definition) is 2. The fraction of sp³-hybridized carbons (Fsp3) is 0.364. The number of para-hydroxylation sites is 1. The maximum atomic E-state index is 12.1. The van der Waals surface area contributed by atoms with Crippen molar-refractivity contribution >= 4 is 17.3 Å². The Balaban J connectivity index is 3.20. The molecule has 18 heavy (non-hydrogen) atoms. The van der Waals surface area contributed by atoms with Gasteiger partial charge in [0, 0.05) is 19.7 Å². The molecule has 0 saturated carbocycles. The molecule has 0 aliphatic carbocycles. The lowest BCUT2D eigenvalue weighted by atomic mass is 10.1. The highest BCUT2D eigenvalue weighted by Gasteiger charge is 2.22. The van der Waals surface area contributed by atoms with Crippen LogP contribution >= 0.6 is 0 Å². The van der Waals surface area contributed by atoms with E-state index in [0.29, 0.717) is 6.54 Å². The van der Waals surface area contributed by atoms with E-state index >= 15 is 0 Å². The number of nitro benzene ring substituents is 1. The molecule has 1 rings (SSSR count). The summed E-state index contributed by atoms with van der Waals surface area (Å²) in [7, 11) is 1.64. The summed E-state index contributed by atoms with van der Waals surface area (Å²) in [6, 6.07) is 4.27. The molecule has 0 aliphatic heterocycles. The number of anilines is 1. The molecule has 3 N–H and O–H groups in total. The third-order valence-electron chi connectivity index (χ3n) is 2.52. The molecule has 0 aliphatic rings. The second-order valence-corrected chi connectivity index (χ2v) is 3.83. The lowest BCUT2D eigenvalue weighted by molar-refractivity contribution is -0.384. The third kappa shape index (κ3) is 2.75. The molecule has 1 aromatic rings. The van der Waals surface area contributed by atoms with Gasteiger partial charge in [0.25, 0.3) is 11.6 Å². The number of benzene rings is 1. The van der Waals surface area contributed by atoms with Crippen LogP contribution in [0.5, 0.6) is 0 Å². The zero-order chi connectivity index (χ0) is 13.7. The second-order valence-electron chi connectivity index (χ2n) is 3.83. The largest absolute Gasteiger partial charge is 0.342 e. The zero-order valence-corrected chi connectivity index (χ0v) is 10.3. The van der Waals surface area contributed by atoms with Crippen LogP contribution in [0.2, 0.25) is 0 Å². The van der Waals surface area contributed by atoms with Crippen molar-refractivity contribution in [1.82, 2.24) is 4.90 Å². The summed E-state index contributed by atoms with van der Waals surface area (Å²) in [6.45, 7) is 2.52. The number of nitrogens with one attached hydrogen (secondary N) is 1. The number of nitrogens with two attached hydrogens (primary N) is 1. The van der Waals surface area contributed by atoms with Gasteiger partial charge in [-0.3, -0.25) is 20.8 Å². The number of nitrogens with zero attached hydrogens (tertiary/aromatic N) is 2. The molecule has 0 aromatic heterocycles. The summed E-state index contributed by atoms with van der Waals surface area (Å²) in [5.41, 5.74) is 2.25. The maximum absolute atomic E-state index is 12.1. The minimum atomic E-state index is -0.578. The van der Waals surface area contributed by atoms with E-state index in [2.05, 4.69) is 5.43 Å². The third-order valence-corrected chi connectivity index (χ3v) is 2.52. The quantitative estimate of drug-likeness (QED) is 0.468. The smallest absolute Gasteiger partial charge is 0.294 e. The van der Waals surface area contributed by atoms with Gasteiger partial charge < -0.3 is 10.3 Å². The molecular weight excluding hydrogens is 236 g/mol. The van der Waals surface area contributed by atoms with Crippen molar-refractivity contribution < 1.29 is 9.72 Å². The van der Waals surface area contributed by atoms with Gasteiger partial charge in [0.1, 0.15) is 5.69 Å². The summed E-state index contributed by atoms with van der Waals surface area (Å²) >= 11 is 0. The van der Waals surface area contributed by atoms with Crippen molar-refractivity contribution in [3.05, 3.63) is 33.9 Å². The van der Waals surface area contributed by atoms with Crippen molar-refractivity contribution in [2.45, 2.75) is 13.3 Å². The van der Waals surface area contributed by atoms with Crippen LogP contribution in [0.1, 0.15) is 23.7 Å². The first-order valence-electron chi connectivity index (χ1n) is 5.52. The van der Waals surface area contributed by atoms with Gasteiger partial charge in [0.05, 0.1) is 10.5 Å². The molecule has 0 unspecified atom stereocenters. The fourth-order valence-corrected chi connectivity index (χ4v) is 1.66. The van der Waals surface area contributed by atoms with Crippen LogP contribution in [-0.2, 0) is 0 Å². The standard InChI is InChI=1S/C11H16N4O3/c1-3-7-14(2)11(16)8-5-4-6-9(15(17)18)10(8)13-12/h4-6,13H,3,7,12H2,1-2H3. The van der Waals surface area contributed by atoms with Gasteiger partial charge >= 0.3 is 0 Å². The summed E-state index contributed by atoms with van der Waals surface area (Å²) in [6.07, 6.45) is 0.808. The van der Waals surface area contributed by atoms with Crippen LogP contribution in [0.15, 0.2) is 18.2 Å². The van der Waals surface area contributed by atoms with Crippen molar-refractivity contribution in [1.29, 1.82) is 0 Å². The van der Waals surface area contributed by atoms with Crippen molar-refractivity contribution in [2.75, 3.05) is 19.0 Å². The molecule has 1 amide bonds. The molecular formula is C11H16N4O3. The van der Waals surface area contributed by atoms with E-state index < -0.39 is 4.92 Å². The van der Waals surface area contributed by atoms with Crippen molar-refractivity contribution in [3.63, 3.8) is 0 Å². The summed E-state index contributed by atoms with van der Waals surface area (Å²) < 4.78 is 0. The van der Waals surface area contributed by atoms with Crippen LogP contribution in [0.25, 0.3) is 0 Å². The van der Waals surface area contributed by atoms with E-state index in [0.717, 1.165) is 6.42 Å². The minimum Gasteiger partial charge on any atom is -0.342 e. The molecule has 0 saturated heterocycles. The van der Waals surface area contributed by atoms with E-state index in [9.17, 15) is 14.9 Å². The van der Waals surface area contributed by atoms with Gasteiger partial charge in [0.2, 0.25) is 0 Å². The van der Waals surface area contributed by atoms with Gasteiger partial charge in [-0.1, -0.05) is 13.0 Å². The Kier molecular flexibility index (Phi) is 4.61. The Morgan fingerprint density at radius 2 is 2.22 bits per heavy atom. The highest BCUT2D eigenvalue weighted by Crippen LogP contribution is 2.28. The van der Waals surface area contributed by atoms with Crippen LogP contribution in [0, 0.1) is 10.1 Å². The first-order chi connectivity index (χ1) is 8.52. The molecule has 7 heteroatoms. The normalized spacial score (nSPS) is 9.94. The zero-order valence-electron chi connectivity index (χ0n) is 10.3. The highest BCUT2D eigenvalue weighted by atomic mass is 16.6. The Bertz CT molecular complexity index is 462. The lowest BCUT2D eigenvalue weighted by Crippen LogP contribution is -2.28. The van der Waals surface area contributed by atoms with E-state index in [1.165, 1.54) is 23.1 Å². The molecule has 1 aromatic carbocycles. The molecule has 7 nitrogen and oxygen atoms in total. The first-order valence-corrected chi connectivity index (χ1v) is 5.52. The molecule has 98 valence electrons. The van der Waals surface area contributed by atoms with Crippen LogP contribution in [0.4, 0.5) is 11.4 Å². The highest BCUT2D eigenvalue weighted by molar-refractivity contribution is 6.01. The fourth-order valence-electron chi connectivity index (χ4n) is 1.66. The SMILES string of the molecule is CCCN(C)C(=O)c1cccc([N+](=O)[O-])c1NN. The van der Waals surface area contributed by atoms with Gasteiger partial charge in [-0.15, -0.1) is 0 Å². The van der Waals surface area contributed by atoms with E-state index in [1.807, 2.05) is 6.92 Å². The number of rotatable bonds is 5. The topological polar surface area (TPSA) is 102 Å². The minimum absolute atomic E-state index is 0.0375. The number of hydrogen-bond acceptors (Lipinski definition) is 5. The Labute approximate surface area is 105 Å². The summed E-state index contributed by atoms with van der Waals surface area (Å²) in [5.74, 6) is 4.98. The monoisotopic (exact) mass is 252 g/mol. The first kappa shape index (κ1) is 13.9. The van der Waals surface area contributed by atoms with E-state index in [4.69, 9.17) is 5.84 Å². The van der Waals surface area contributed by atoms with E-state index in [1.54, 1.807) is 7.05 Å². The number of carbonyl (C=O) groups is 1. The predicted octanol–water partition coefficient (Wildman–Crippen LogP) is 1.36. The average Bonchev–Trinajstić information content (AvgIpc) is 2.36. The Morgan fingerprint density at radius 3 is 2.72 bits per heavy atom. The number of amides is 1. The average molecular weight is 252 g/mol. The van der Waals surface area contributed by atoms with Crippen molar-refractivity contribution in [3.8, 4) is 0 Å². The molecule has 0 radical (unpaired) electrons. The van der Waals surface area contributed by atoms with Crippen LogP contribution in [-0.4, -0.2) is 29.3 Å². The van der Waals surface area contributed by atoms with Gasteiger partial charge in [-0.25, -0.2) is 0 Å². The molecule has 0 fully saturated rings. The molecule has 0 bridgehead atoms. The number of hydrazine groups is 1. The second kappa shape index (κ2) is 5.97. The lowest BCUT2D eigenvalue weighted by Gasteiger charge is -2.17. The molecule has 0 heterocycles. The van der Waals surface area contributed by atoms with Gasteiger partial charge in [0.15, 0.2) is 0 Å². The number of nitro groups is 1. The summed E-state index contributed by atoms with van der Waals surface area (Å²) in [4.78, 5) is 23.9. The predicted molar refractivity (Wildman–Crippen MR) is 68.2 cm³/mol. The Hall–Kier alpha value is -2.15. The van der Waals surface area contributed by atoms with Gasteiger partial charge in [-0.2, -0.15) is 0 Å². The molecule has 0 spiro atoms. The maximum Gasteiger partial charge on any atom is 0.294 e. The van der Waals surface area contributed by atoms with Crippen molar-refractivity contribution in [2.24, 2.45) is 5.84 Å². The van der Waals surface area contributed by atoms with E-state index in [-0.39, 0.29) is 22.8 Å².